The minimum absolute atomic E-state index is 0.114. The summed E-state index contributed by atoms with van der Waals surface area (Å²) in [6.07, 6.45) is -15.0. The standard InChI is InChI=1S/C16H25N5O16P2/c17-16-19-12-6(13(28)20-16)18-3-21(12)14-10(26)8(24)5(34-14)2-33-38(29,30)37-39(31,32)36-15-11(27)9(25)7(23)4(1-22)35-15/h3-5,7-11,14-15,22-27H,1-2H2,(H,29,30)(H,31,32)(H3,17,19,20,28)/t4-,5-,7-,8-,9+,10-,11-,14+,15+/m0/s1. The third-order valence-electron chi connectivity index (χ3n) is 5.76. The normalized spacial score (nSPS) is 36.6. The summed E-state index contributed by atoms with van der Waals surface area (Å²) in [4.78, 5) is 41.7. The quantitative estimate of drug-likeness (QED) is 0.120. The molecule has 4 rings (SSSR count). The van der Waals surface area contributed by atoms with E-state index in [9.17, 15) is 49.2 Å². The van der Waals surface area contributed by atoms with Crippen molar-refractivity contribution in [3.63, 3.8) is 0 Å². The van der Waals surface area contributed by atoms with Gasteiger partial charge < -0.3 is 55.6 Å². The van der Waals surface area contributed by atoms with Gasteiger partial charge >= 0.3 is 15.6 Å². The summed E-state index contributed by atoms with van der Waals surface area (Å²) in [7, 11) is -11.1. The van der Waals surface area contributed by atoms with Gasteiger partial charge in [-0.05, 0) is 0 Å². The molecule has 23 heteroatoms. The number of nitrogens with one attached hydrogen (secondary N) is 1. The number of H-pyrrole nitrogens is 1. The number of nitrogens with two attached hydrogens (primary N) is 1. The first-order valence-corrected chi connectivity index (χ1v) is 13.9. The Bertz CT molecular complexity index is 1340. The molecule has 2 aromatic rings. The minimum Gasteiger partial charge on any atom is -0.394 e. The van der Waals surface area contributed by atoms with Crippen molar-refractivity contribution in [2.45, 2.75) is 55.2 Å². The molecule has 2 aliphatic heterocycles. The molecule has 2 aromatic heterocycles. The molecule has 2 saturated heterocycles. The Morgan fingerprint density at radius 2 is 1.67 bits per heavy atom. The molecular formula is C16H25N5O16P2. The summed E-state index contributed by atoms with van der Waals surface area (Å²) < 4.78 is 49.1. The molecular weight excluding hydrogens is 580 g/mol. The second-order valence-electron chi connectivity index (χ2n) is 8.44. The minimum atomic E-state index is -5.60. The van der Waals surface area contributed by atoms with E-state index in [0.717, 1.165) is 10.9 Å². The number of aliphatic hydroxyl groups is 6. The highest BCUT2D eigenvalue weighted by Crippen LogP contribution is 2.61. The number of nitrogens with zero attached hydrogens (tertiary/aromatic N) is 3. The van der Waals surface area contributed by atoms with Crippen molar-refractivity contribution in [1.82, 2.24) is 19.5 Å². The van der Waals surface area contributed by atoms with Crippen LogP contribution in [0.15, 0.2) is 11.1 Å². The smallest absolute Gasteiger partial charge is 0.394 e. The number of rotatable bonds is 9. The fourth-order valence-corrected chi connectivity index (χ4v) is 6.01. The predicted octanol–water partition coefficient (Wildman–Crippen LogP) is -4.63. The van der Waals surface area contributed by atoms with Gasteiger partial charge in [-0.3, -0.25) is 23.4 Å². The van der Waals surface area contributed by atoms with Crippen molar-refractivity contribution in [1.29, 1.82) is 0 Å². The number of phosphoric ester groups is 2. The molecule has 11 N–H and O–H groups in total. The number of hydrogen-bond donors (Lipinski definition) is 10. The Morgan fingerprint density at radius 1 is 1.00 bits per heavy atom. The monoisotopic (exact) mass is 605 g/mol. The Morgan fingerprint density at radius 3 is 2.33 bits per heavy atom. The molecule has 21 nitrogen and oxygen atoms in total. The molecule has 0 saturated carbocycles. The Labute approximate surface area is 216 Å². The summed E-state index contributed by atoms with van der Waals surface area (Å²) in [5, 5.41) is 59.2. The van der Waals surface area contributed by atoms with Crippen LogP contribution >= 0.6 is 15.6 Å². The molecule has 11 atom stereocenters. The zero-order valence-electron chi connectivity index (χ0n) is 19.3. The van der Waals surface area contributed by atoms with Crippen LogP contribution in [-0.4, -0.2) is 122 Å². The number of anilines is 1. The first kappa shape index (κ1) is 30.1. The molecule has 2 fully saturated rings. The number of aromatic amines is 1. The van der Waals surface area contributed by atoms with Crippen LogP contribution in [0.4, 0.5) is 5.95 Å². The fraction of sp³-hybridized carbons (Fsp3) is 0.688. The number of hydrogen-bond acceptors (Lipinski definition) is 17. The van der Waals surface area contributed by atoms with Crippen LogP contribution in [0.5, 0.6) is 0 Å². The second kappa shape index (κ2) is 11.2. The summed E-state index contributed by atoms with van der Waals surface area (Å²) >= 11 is 0. The van der Waals surface area contributed by atoms with Gasteiger partial charge in [0.1, 0.15) is 42.7 Å². The van der Waals surface area contributed by atoms with Crippen LogP contribution in [0.3, 0.4) is 0 Å². The number of imidazole rings is 1. The number of phosphoric acid groups is 2. The zero-order chi connectivity index (χ0) is 28.9. The van der Waals surface area contributed by atoms with Crippen LogP contribution in [0.25, 0.3) is 11.2 Å². The Hall–Kier alpha value is -1.91. The molecule has 4 heterocycles. The van der Waals surface area contributed by atoms with Crippen LogP contribution in [0, 0.1) is 0 Å². The second-order valence-corrected chi connectivity index (χ2v) is 11.4. The van der Waals surface area contributed by atoms with E-state index in [2.05, 4.69) is 28.3 Å². The summed E-state index contributed by atoms with van der Waals surface area (Å²) in [6.45, 7) is -1.89. The van der Waals surface area contributed by atoms with Gasteiger partial charge in [0.15, 0.2) is 23.7 Å². The van der Waals surface area contributed by atoms with Gasteiger partial charge in [0.2, 0.25) is 5.95 Å². The SMILES string of the molecule is Nc1nc2c(ncn2[C@@H]2O[C@@H](COP(=O)(O)OP(=O)(O)O[C@H]3O[C@@H](CO)[C@H](O)[C@@H](O)[C@@H]3O)[C@H](O)[C@@H]2O)c(=O)[nH]1. The number of fused-ring (bicyclic) bond motifs is 1. The molecule has 0 bridgehead atoms. The van der Waals surface area contributed by atoms with Crippen LogP contribution in [-0.2, 0) is 32.0 Å². The average Bonchev–Trinajstić information content (AvgIpc) is 3.38. The highest BCUT2D eigenvalue weighted by molar-refractivity contribution is 7.61. The fourth-order valence-electron chi connectivity index (χ4n) is 3.85. The van der Waals surface area contributed by atoms with Gasteiger partial charge in [0.05, 0.1) is 19.5 Å². The summed E-state index contributed by atoms with van der Waals surface area (Å²) in [5.74, 6) is -0.278. The van der Waals surface area contributed by atoms with Gasteiger partial charge in [-0.25, -0.2) is 14.1 Å². The van der Waals surface area contributed by atoms with E-state index in [1.54, 1.807) is 0 Å². The maximum Gasteiger partial charge on any atom is 0.483 e. The largest absolute Gasteiger partial charge is 0.483 e. The lowest BCUT2D eigenvalue weighted by molar-refractivity contribution is -0.280. The van der Waals surface area contributed by atoms with E-state index in [1.807, 2.05) is 0 Å². The van der Waals surface area contributed by atoms with E-state index in [1.165, 1.54) is 0 Å². The van der Waals surface area contributed by atoms with E-state index < -0.39 is 89.7 Å². The number of nitrogen functional groups attached to an aromatic ring is 1. The van der Waals surface area contributed by atoms with Crippen molar-refractivity contribution >= 4 is 32.8 Å². The first-order chi connectivity index (χ1) is 18.1. The number of aromatic nitrogens is 4. The van der Waals surface area contributed by atoms with Crippen LogP contribution in [0.1, 0.15) is 6.23 Å². The lowest BCUT2D eigenvalue weighted by atomic mass is 10.00. The molecule has 2 unspecified atom stereocenters. The van der Waals surface area contributed by atoms with E-state index >= 15 is 0 Å². The third-order valence-corrected chi connectivity index (χ3v) is 8.36. The lowest BCUT2D eigenvalue weighted by Gasteiger charge is -2.39. The maximum absolute atomic E-state index is 12.3. The third kappa shape index (κ3) is 6.22. The van der Waals surface area contributed by atoms with Gasteiger partial charge in [-0.2, -0.15) is 9.29 Å². The Kier molecular flexibility index (Phi) is 8.60. The summed E-state index contributed by atoms with van der Waals surface area (Å²) in [5.41, 5.74) is 4.54. The van der Waals surface area contributed by atoms with Gasteiger partial charge in [0, 0.05) is 0 Å². The molecule has 0 aliphatic carbocycles. The van der Waals surface area contributed by atoms with E-state index in [-0.39, 0.29) is 17.1 Å². The summed E-state index contributed by atoms with van der Waals surface area (Å²) in [6, 6.07) is 0. The number of aliphatic hydroxyl groups excluding tert-OH is 6. The highest BCUT2D eigenvalue weighted by Gasteiger charge is 2.49. The molecule has 0 amide bonds. The zero-order valence-corrected chi connectivity index (χ0v) is 21.1. The first-order valence-electron chi connectivity index (χ1n) is 10.9. The molecule has 2 aliphatic rings. The van der Waals surface area contributed by atoms with Gasteiger partial charge in [-0.1, -0.05) is 0 Å². The van der Waals surface area contributed by atoms with Gasteiger partial charge in [-0.15, -0.1) is 0 Å². The number of ether oxygens (including phenoxy) is 2. The topological polar surface area (TPSA) is 332 Å². The van der Waals surface area contributed by atoms with Crippen molar-refractivity contribution in [2.75, 3.05) is 18.9 Å². The molecule has 0 aromatic carbocycles. The lowest BCUT2D eigenvalue weighted by Crippen LogP contribution is -2.58. The molecule has 0 spiro atoms. The maximum atomic E-state index is 12.3. The van der Waals surface area contributed by atoms with Crippen LogP contribution < -0.4 is 11.3 Å². The average molecular weight is 605 g/mol. The van der Waals surface area contributed by atoms with Crippen molar-refractivity contribution in [3.8, 4) is 0 Å². The van der Waals surface area contributed by atoms with Crippen LogP contribution in [0.2, 0.25) is 0 Å². The van der Waals surface area contributed by atoms with Crippen molar-refractivity contribution < 1.29 is 72.4 Å². The van der Waals surface area contributed by atoms with E-state index in [4.69, 9.17) is 20.3 Å². The highest BCUT2D eigenvalue weighted by atomic mass is 31.3. The molecule has 0 radical (unpaired) electrons. The van der Waals surface area contributed by atoms with E-state index in [0.29, 0.717) is 0 Å². The molecule has 220 valence electrons. The Balaban J connectivity index is 1.39. The molecule has 39 heavy (non-hydrogen) atoms. The predicted molar refractivity (Wildman–Crippen MR) is 120 cm³/mol. The van der Waals surface area contributed by atoms with Gasteiger partial charge in [0.25, 0.3) is 5.56 Å². The van der Waals surface area contributed by atoms with Crippen molar-refractivity contribution in [3.05, 3.63) is 16.7 Å². The van der Waals surface area contributed by atoms with Crippen molar-refractivity contribution in [2.24, 2.45) is 0 Å².